The molecular weight excluding hydrogens is 326 g/mol. The van der Waals surface area contributed by atoms with Gasteiger partial charge in [-0.3, -0.25) is 9.59 Å². The zero-order valence-electron chi connectivity index (χ0n) is 13.4. The van der Waals surface area contributed by atoms with Crippen LogP contribution in [0, 0.1) is 0 Å². The van der Waals surface area contributed by atoms with Gasteiger partial charge in [-0.25, -0.2) is 0 Å². The molecule has 0 saturated heterocycles. The Labute approximate surface area is 142 Å². The Morgan fingerprint density at radius 1 is 1.16 bits per heavy atom. The summed E-state index contributed by atoms with van der Waals surface area (Å²) in [6, 6.07) is 10.3. The van der Waals surface area contributed by atoms with E-state index in [4.69, 9.17) is 13.6 Å². The number of benzene rings is 1. The molecule has 2 heterocycles. The van der Waals surface area contributed by atoms with Crippen molar-refractivity contribution in [2.24, 2.45) is 0 Å². The lowest BCUT2D eigenvalue weighted by Gasteiger charge is -2.05. The van der Waals surface area contributed by atoms with Crippen molar-refractivity contribution in [3.63, 3.8) is 0 Å². The van der Waals surface area contributed by atoms with E-state index in [0.717, 1.165) is 5.56 Å². The molecule has 0 unspecified atom stereocenters. The number of nitrogens with zero attached hydrogens (tertiary/aromatic N) is 2. The molecule has 0 fully saturated rings. The molecule has 0 bridgehead atoms. The SMILES string of the molecule is CC(=O)Nc1ccc(CC(=O)OCc2nnc(-c3ccco3)o2)cc1. The second kappa shape index (κ2) is 7.43. The second-order valence-electron chi connectivity index (χ2n) is 5.19. The minimum Gasteiger partial charge on any atom is -0.459 e. The van der Waals surface area contributed by atoms with E-state index in [-0.39, 0.29) is 30.7 Å². The fraction of sp³-hybridized carbons (Fsp3) is 0.176. The van der Waals surface area contributed by atoms with Crippen LogP contribution < -0.4 is 5.32 Å². The van der Waals surface area contributed by atoms with Crippen LogP contribution in [0.15, 0.2) is 51.5 Å². The van der Waals surface area contributed by atoms with Crippen LogP contribution in [0.25, 0.3) is 11.7 Å². The number of carbonyl (C=O) groups is 2. The number of aromatic nitrogens is 2. The first-order chi connectivity index (χ1) is 12.1. The third-order valence-corrected chi connectivity index (χ3v) is 3.18. The van der Waals surface area contributed by atoms with Crippen LogP contribution in [-0.2, 0) is 27.4 Å². The van der Waals surface area contributed by atoms with Crippen LogP contribution >= 0.6 is 0 Å². The first-order valence-corrected chi connectivity index (χ1v) is 7.48. The zero-order chi connectivity index (χ0) is 17.6. The van der Waals surface area contributed by atoms with Crippen molar-refractivity contribution in [2.75, 3.05) is 5.32 Å². The van der Waals surface area contributed by atoms with Crippen molar-refractivity contribution < 1.29 is 23.2 Å². The fourth-order valence-corrected chi connectivity index (χ4v) is 2.08. The van der Waals surface area contributed by atoms with Crippen molar-refractivity contribution >= 4 is 17.6 Å². The Hall–Kier alpha value is -3.42. The molecule has 0 atom stereocenters. The van der Waals surface area contributed by atoms with Crippen molar-refractivity contribution in [3.05, 3.63) is 54.1 Å². The maximum atomic E-state index is 11.9. The molecule has 8 nitrogen and oxygen atoms in total. The lowest BCUT2D eigenvalue weighted by atomic mass is 10.1. The maximum Gasteiger partial charge on any atom is 0.310 e. The standard InChI is InChI=1S/C17H15N3O5/c1-11(21)18-13-6-4-12(5-7-13)9-16(22)24-10-15-19-20-17(25-15)14-3-2-8-23-14/h2-8H,9-10H2,1H3,(H,18,21). The largest absolute Gasteiger partial charge is 0.459 e. The molecule has 0 aliphatic rings. The van der Waals surface area contributed by atoms with Crippen LogP contribution in [0.3, 0.4) is 0 Å². The summed E-state index contributed by atoms with van der Waals surface area (Å²) in [5, 5.41) is 10.3. The first-order valence-electron chi connectivity index (χ1n) is 7.48. The molecular formula is C17H15N3O5. The Balaban J connectivity index is 1.50. The molecule has 3 rings (SSSR count). The number of furan rings is 1. The monoisotopic (exact) mass is 341 g/mol. The highest BCUT2D eigenvalue weighted by Crippen LogP contribution is 2.18. The average molecular weight is 341 g/mol. The summed E-state index contributed by atoms with van der Waals surface area (Å²) in [5.74, 6) is 0.278. The molecule has 8 heteroatoms. The van der Waals surface area contributed by atoms with Gasteiger partial charge < -0.3 is 18.9 Å². The van der Waals surface area contributed by atoms with E-state index < -0.39 is 5.97 Å². The number of carbonyl (C=O) groups excluding carboxylic acids is 2. The van der Waals surface area contributed by atoms with Gasteiger partial charge in [0.15, 0.2) is 12.4 Å². The van der Waals surface area contributed by atoms with Crippen LogP contribution in [0.4, 0.5) is 5.69 Å². The molecule has 3 aromatic rings. The van der Waals surface area contributed by atoms with Crippen molar-refractivity contribution in [2.45, 2.75) is 20.0 Å². The molecule has 1 amide bonds. The first kappa shape index (κ1) is 16.4. The fourth-order valence-electron chi connectivity index (χ4n) is 2.08. The van der Waals surface area contributed by atoms with Crippen LogP contribution in [0.5, 0.6) is 0 Å². The summed E-state index contributed by atoms with van der Waals surface area (Å²) in [5.41, 5.74) is 1.43. The molecule has 2 aromatic heterocycles. The smallest absolute Gasteiger partial charge is 0.310 e. The highest BCUT2D eigenvalue weighted by atomic mass is 16.5. The normalized spacial score (nSPS) is 10.4. The second-order valence-corrected chi connectivity index (χ2v) is 5.19. The van der Waals surface area contributed by atoms with E-state index in [1.165, 1.54) is 13.2 Å². The van der Waals surface area contributed by atoms with E-state index in [0.29, 0.717) is 11.4 Å². The lowest BCUT2D eigenvalue weighted by Crippen LogP contribution is -2.09. The Kier molecular flexibility index (Phi) is 4.89. The van der Waals surface area contributed by atoms with E-state index in [1.54, 1.807) is 36.4 Å². The van der Waals surface area contributed by atoms with Gasteiger partial charge in [-0.1, -0.05) is 12.1 Å². The number of anilines is 1. The van der Waals surface area contributed by atoms with Gasteiger partial charge in [-0.2, -0.15) is 0 Å². The summed E-state index contributed by atoms with van der Waals surface area (Å²) in [6.45, 7) is 1.32. The highest BCUT2D eigenvalue weighted by Gasteiger charge is 2.13. The zero-order valence-corrected chi connectivity index (χ0v) is 13.4. The van der Waals surface area contributed by atoms with E-state index in [2.05, 4.69) is 15.5 Å². The topological polar surface area (TPSA) is 107 Å². The summed E-state index contributed by atoms with van der Waals surface area (Å²) < 4.78 is 15.6. The summed E-state index contributed by atoms with van der Waals surface area (Å²) >= 11 is 0. The minimum atomic E-state index is -0.426. The molecule has 0 aliphatic heterocycles. The number of esters is 1. The lowest BCUT2D eigenvalue weighted by molar-refractivity contribution is -0.144. The van der Waals surface area contributed by atoms with Gasteiger partial charge in [0.1, 0.15) is 0 Å². The van der Waals surface area contributed by atoms with Crippen LogP contribution in [0.2, 0.25) is 0 Å². The van der Waals surface area contributed by atoms with Gasteiger partial charge in [-0.15, -0.1) is 10.2 Å². The Morgan fingerprint density at radius 3 is 2.64 bits per heavy atom. The van der Waals surface area contributed by atoms with E-state index in [9.17, 15) is 9.59 Å². The number of nitrogens with one attached hydrogen (secondary N) is 1. The predicted molar refractivity (Wildman–Crippen MR) is 86.2 cm³/mol. The van der Waals surface area contributed by atoms with Gasteiger partial charge >= 0.3 is 5.97 Å². The molecule has 0 aliphatic carbocycles. The van der Waals surface area contributed by atoms with Gasteiger partial charge in [0, 0.05) is 12.6 Å². The number of rotatable bonds is 6. The van der Waals surface area contributed by atoms with Crippen molar-refractivity contribution in [1.29, 1.82) is 0 Å². The molecule has 0 spiro atoms. The third kappa shape index (κ3) is 4.54. The number of amides is 1. The predicted octanol–water partition coefficient (Wildman–Crippen LogP) is 2.57. The summed E-state index contributed by atoms with van der Waals surface area (Å²) in [6.07, 6.45) is 1.59. The molecule has 0 saturated carbocycles. The Bertz CT molecular complexity index is 853. The number of hydrogen-bond acceptors (Lipinski definition) is 7. The summed E-state index contributed by atoms with van der Waals surface area (Å²) in [7, 11) is 0. The number of hydrogen-bond donors (Lipinski definition) is 1. The molecule has 1 aromatic carbocycles. The van der Waals surface area contributed by atoms with Crippen LogP contribution in [-0.4, -0.2) is 22.1 Å². The van der Waals surface area contributed by atoms with Crippen molar-refractivity contribution in [3.8, 4) is 11.7 Å². The minimum absolute atomic E-state index is 0.0968. The number of ether oxygens (including phenoxy) is 1. The van der Waals surface area contributed by atoms with Gasteiger partial charge in [0.05, 0.1) is 12.7 Å². The van der Waals surface area contributed by atoms with Crippen molar-refractivity contribution in [1.82, 2.24) is 10.2 Å². The molecule has 25 heavy (non-hydrogen) atoms. The Morgan fingerprint density at radius 2 is 1.96 bits per heavy atom. The molecule has 1 N–H and O–H groups in total. The van der Waals surface area contributed by atoms with Gasteiger partial charge in [0.25, 0.3) is 11.8 Å². The van der Waals surface area contributed by atoms with Gasteiger partial charge in [-0.05, 0) is 29.8 Å². The quantitative estimate of drug-likeness (QED) is 0.686. The van der Waals surface area contributed by atoms with Crippen LogP contribution in [0.1, 0.15) is 18.4 Å². The average Bonchev–Trinajstić information content (AvgIpc) is 3.25. The van der Waals surface area contributed by atoms with Gasteiger partial charge in [0.2, 0.25) is 5.91 Å². The molecule has 128 valence electrons. The maximum absolute atomic E-state index is 11.9. The molecule has 0 radical (unpaired) electrons. The van der Waals surface area contributed by atoms with E-state index in [1.807, 2.05) is 0 Å². The highest BCUT2D eigenvalue weighted by molar-refractivity contribution is 5.88. The van der Waals surface area contributed by atoms with E-state index >= 15 is 0 Å². The third-order valence-electron chi connectivity index (χ3n) is 3.18. The summed E-state index contributed by atoms with van der Waals surface area (Å²) in [4.78, 5) is 22.8.